The van der Waals surface area contributed by atoms with Crippen LogP contribution in [0.4, 0.5) is 23.4 Å². The van der Waals surface area contributed by atoms with Crippen LogP contribution in [0.5, 0.6) is 0 Å². The van der Waals surface area contributed by atoms with Crippen molar-refractivity contribution >= 4 is 27.4 Å². The Morgan fingerprint density at radius 1 is 1.04 bits per heavy atom. The van der Waals surface area contributed by atoms with E-state index in [1.165, 1.54) is 12.1 Å². The fourth-order valence-electron chi connectivity index (χ4n) is 2.61. The maximum absolute atomic E-state index is 13.2. The Morgan fingerprint density at radius 3 is 2.50 bits per heavy atom. The van der Waals surface area contributed by atoms with Gasteiger partial charge in [-0.1, -0.05) is 12.1 Å². The van der Waals surface area contributed by atoms with Gasteiger partial charge in [-0.15, -0.1) is 11.3 Å². The standard InChI is InChI=1S/C19H12F4N4S/c20-13-5-3-11(4-6-13)9-25-17-14-8-15(19(21,22)23)28-18(14)27-16(26-17)12-2-1-7-24-10-12/h1-8,10H,9H2,(H,25,26,27). The zero-order chi connectivity index (χ0) is 19.7. The fourth-order valence-corrected chi connectivity index (χ4v) is 3.51. The molecule has 0 atom stereocenters. The number of aromatic nitrogens is 3. The van der Waals surface area contributed by atoms with E-state index < -0.39 is 11.1 Å². The molecule has 3 heterocycles. The van der Waals surface area contributed by atoms with Gasteiger partial charge in [-0.25, -0.2) is 14.4 Å². The van der Waals surface area contributed by atoms with Gasteiger partial charge in [0.25, 0.3) is 0 Å². The number of benzene rings is 1. The molecule has 0 spiro atoms. The van der Waals surface area contributed by atoms with Gasteiger partial charge in [-0.2, -0.15) is 13.2 Å². The molecular weight excluding hydrogens is 392 g/mol. The molecule has 0 amide bonds. The average molecular weight is 404 g/mol. The molecule has 0 saturated carbocycles. The Bertz CT molecular complexity index is 1110. The smallest absolute Gasteiger partial charge is 0.365 e. The summed E-state index contributed by atoms with van der Waals surface area (Å²) in [7, 11) is 0. The molecule has 4 aromatic rings. The Labute approximate surface area is 160 Å². The van der Waals surface area contributed by atoms with E-state index in [-0.39, 0.29) is 34.2 Å². The molecule has 0 saturated heterocycles. The molecule has 0 aliphatic rings. The summed E-state index contributed by atoms with van der Waals surface area (Å²) in [5.74, 6) is 0.192. The van der Waals surface area contributed by atoms with Crippen molar-refractivity contribution in [3.63, 3.8) is 0 Å². The first-order valence-corrected chi connectivity index (χ1v) is 8.99. The predicted molar refractivity (Wildman–Crippen MR) is 99.4 cm³/mol. The number of nitrogens with zero attached hydrogens (tertiary/aromatic N) is 3. The summed E-state index contributed by atoms with van der Waals surface area (Å²) in [4.78, 5) is 12.2. The molecule has 0 unspecified atom stereocenters. The maximum atomic E-state index is 13.2. The quantitative estimate of drug-likeness (QED) is 0.455. The molecule has 142 valence electrons. The minimum absolute atomic E-state index is 0.225. The monoisotopic (exact) mass is 404 g/mol. The van der Waals surface area contributed by atoms with Crippen molar-refractivity contribution in [2.24, 2.45) is 0 Å². The van der Waals surface area contributed by atoms with Crippen LogP contribution in [0.3, 0.4) is 0 Å². The molecule has 0 aliphatic heterocycles. The molecule has 1 N–H and O–H groups in total. The lowest BCUT2D eigenvalue weighted by Crippen LogP contribution is -2.04. The van der Waals surface area contributed by atoms with Gasteiger partial charge < -0.3 is 5.32 Å². The number of halogens is 4. The number of thiophene rings is 1. The van der Waals surface area contributed by atoms with Gasteiger partial charge >= 0.3 is 6.18 Å². The third-order valence-corrected chi connectivity index (χ3v) is 5.04. The average Bonchev–Trinajstić information content (AvgIpc) is 3.13. The van der Waals surface area contributed by atoms with Crippen LogP contribution in [0.2, 0.25) is 0 Å². The normalized spacial score (nSPS) is 11.7. The molecule has 1 aromatic carbocycles. The zero-order valence-corrected chi connectivity index (χ0v) is 15.0. The second-order valence-corrected chi connectivity index (χ2v) is 6.98. The summed E-state index contributed by atoms with van der Waals surface area (Å²) in [5, 5.41) is 3.33. The fraction of sp³-hybridized carbons (Fsp3) is 0.105. The Kier molecular flexibility index (Phi) is 4.68. The molecule has 28 heavy (non-hydrogen) atoms. The van der Waals surface area contributed by atoms with E-state index in [4.69, 9.17) is 0 Å². The first kappa shape index (κ1) is 18.3. The van der Waals surface area contributed by atoms with E-state index in [9.17, 15) is 17.6 Å². The van der Waals surface area contributed by atoms with Crippen molar-refractivity contribution in [2.45, 2.75) is 12.7 Å². The highest BCUT2D eigenvalue weighted by Crippen LogP contribution is 2.40. The van der Waals surface area contributed by atoms with Gasteiger partial charge in [0.05, 0.1) is 5.39 Å². The first-order valence-electron chi connectivity index (χ1n) is 8.17. The number of fused-ring (bicyclic) bond motifs is 1. The van der Waals surface area contributed by atoms with Gasteiger partial charge in [0, 0.05) is 24.5 Å². The Morgan fingerprint density at radius 2 is 1.82 bits per heavy atom. The third kappa shape index (κ3) is 3.79. The highest BCUT2D eigenvalue weighted by Gasteiger charge is 2.33. The van der Waals surface area contributed by atoms with E-state index in [0.717, 1.165) is 11.6 Å². The molecular formula is C19H12F4N4S. The second-order valence-electron chi connectivity index (χ2n) is 5.94. The van der Waals surface area contributed by atoms with Crippen LogP contribution >= 0.6 is 11.3 Å². The lowest BCUT2D eigenvalue weighted by Gasteiger charge is -2.09. The molecule has 4 rings (SSSR count). The van der Waals surface area contributed by atoms with E-state index in [0.29, 0.717) is 16.9 Å². The minimum atomic E-state index is -4.46. The van der Waals surface area contributed by atoms with E-state index in [1.54, 1.807) is 36.7 Å². The number of alkyl halides is 3. The van der Waals surface area contributed by atoms with E-state index in [2.05, 4.69) is 20.3 Å². The van der Waals surface area contributed by atoms with Crippen LogP contribution in [0.25, 0.3) is 21.6 Å². The van der Waals surface area contributed by atoms with E-state index in [1.807, 2.05) is 0 Å². The van der Waals surface area contributed by atoms with Crippen LogP contribution in [-0.4, -0.2) is 15.0 Å². The molecule has 9 heteroatoms. The van der Waals surface area contributed by atoms with Crippen LogP contribution in [0.1, 0.15) is 10.4 Å². The lowest BCUT2D eigenvalue weighted by molar-refractivity contribution is -0.134. The van der Waals surface area contributed by atoms with Gasteiger partial charge in [0.15, 0.2) is 5.82 Å². The second kappa shape index (κ2) is 7.16. The van der Waals surface area contributed by atoms with Crippen molar-refractivity contribution in [1.29, 1.82) is 0 Å². The van der Waals surface area contributed by atoms with E-state index >= 15 is 0 Å². The largest absolute Gasteiger partial charge is 0.425 e. The third-order valence-electron chi connectivity index (χ3n) is 3.97. The van der Waals surface area contributed by atoms with Crippen LogP contribution in [0.15, 0.2) is 54.9 Å². The van der Waals surface area contributed by atoms with Crippen LogP contribution in [0, 0.1) is 5.82 Å². The summed E-state index contributed by atoms with van der Waals surface area (Å²) in [5.41, 5.74) is 1.36. The molecule has 3 aromatic heterocycles. The number of rotatable bonds is 4. The van der Waals surface area contributed by atoms with Gasteiger partial charge in [0.2, 0.25) is 0 Å². The Hall–Kier alpha value is -3.07. The number of hydrogen-bond acceptors (Lipinski definition) is 5. The minimum Gasteiger partial charge on any atom is -0.365 e. The number of nitrogens with one attached hydrogen (secondary N) is 1. The molecule has 0 radical (unpaired) electrons. The first-order chi connectivity index (χ1) is 13.4. The predicted octanol–water partition coefficient (Wildman–Crippen LogP) is 5.52. The van der Waals surface area contributed by atoms with Crippen molar-refractivity contribution in [1.82, 2.24) is 15.0 Å². The van der Waals surface area contributed by atoms with Gasteiger partial charge in [-0.05, 0) is 35.9 Å². The van der Waals surface area contributed by atoms with Crippen LogP contribution < -0.4 is 5.32 Å². The molecule has 0 bridgehead atoms. The summed E-state index contributed by atoms with van der Waals surface area (Å²) in [6.45, 7) is 0.274. The van der Waals surface area contributed by atoms with Crippen molar-refractivity contribution < 1.29 is 17.6 Å². The SMILES string of the molecule is Fc1ccc(CNc2nc(-c3cccnc3)nc3sc(C(F)(F)F)cc23)cc1. The summed E-state index contributed by atoms with van der Waals surface area (Å²) >= 11 is 0.565. The molecule has 0 fully saturated rings. The van der Waals surface area contributed by atoms with Crippen molar-refractivity contribution in [2.75, 3.05) is 5.32 Å². The molecule has 0 aliphatic carbocycles. The van der Waals surface area contributed by atoms with Crippen molar-refractivity contribution in [3.05, 3.63) is 71.1 Å². The molecule has 4 nitrogen and oxygen atoms in total. The maximum Gasteiger partial charge on any atom is 0.425 e. The highest BCUT2D eigenvalue weighted by molar-refractivity contribution is 7.18. The van der Waals surface area contributed by atoms with Gasteiger partial charge in [-0.3, -0.25) is 4.98 Å². The van der Waals surface area contributed by atoms with Crippen LogP contribution in [-0.2, 0) is 12.7 Å². The number of hydrogen-bond donors (Lipinski definition) is 1. The Balaban J connectivity index is 1.77. The topological polar surface area (TPSA) is 50.7 Å². The summed E-state index contributed by atoms with van der Waals surface area (Å²) in [6.07, 6.45) is -1.33. The lowest BCUT2D eigenvalue weighted by atomic mass is 10.2. The van der Waals surface area contributed by atoms with Gasteiger partial charge in [0.1, 0.15) is 21.3 Å². The zero-order valence-electron chi connectivity index (χ0n) is 14.2. The summed E-state index contributed by atoms with van der Waals surface area (Å²) in [6, 6.07) is 10.3. The number of pyridine rings is 1. The number of anilines is 1. The summed E-state index contributed by atoms with van der Waals surface area (Å²) < 4.78 is 52.6. The van der Waals surface area contributed by atoms with Crippen molar-refractivity contribution in [3.8, 4) is 11.4 Å². The highest BCUT2D eigenvalue weighted by atomic mass is 32.1.